The van der Waals surface area contributed by atoms with E-state index in [-0.39, 0.29) is 16.9 Å². The van der Waals surface area contributed by atoms with Gasteiger partial charge in [-0.1, -0.05) is 11.6 Å². The van der Waals surface area contributed by atoms with E-state index < -0.39 is 9.84 Å². The van der Waals surface area contributed by atoms with E-state index in [4.69, 9.17) is 16.3 Å². The summed E-state index contributed by atoms with van der Waals surface area (Å²) >= 11 is 5.87. The Balaban J connectivity index is 1.57. The van der Waals surface area contributed by atoms with E-state index in [0.29, 0.717) is 23.7 Å². The minimum atomic E-state index is -3.26. The largest absolute Gasteiger partial charge is 0.490 e. The average molecular weight is 394 g/mol. The number of carbonyl (C=O) groups excluding carboxylic acids is 1. The van der Waals surface area contributed by atoms with Gasteiger partial charge in [-0.2, -0.15) is 0 Å². The number of nitrogens with zero attached hydrogens (tertiary/aromatic N) is 1. The molecule has 1 amide bonds. The molecule has 1 heterocycles. The van der Waals surface area contributed by atoms with Crippen LogP contribution in [0.2, 0.25) is 5.02 Å². The molecule has 0 radical (unpaired) electrons. The maximum Gasteiger partial charge on any atom is 0.253 e. The summed E-state index contributed by atoms with van der Waals surface area (Å²) in [6.07, 6.45) is 2.70. The first-order valence-electron chi connectivity index (χ1n) is 8.34. The second-order valence-electron chi connectivity index (χ2n) is 6.36. The molecule has 0 aliphatic carbocycles. The predicted octanol–water partition coefficient (Wildman–Crippen LogP) is 3.43. The molecule has 0 atom stereocenters. The van der Waals surface area contributed by atoms with Gasteiger partial charge in [0.2, 0.25) is 0 Å². The van der Waals surface area contributed by atoms with Crippen LogP contribution in [0, 0.1) is 0 Å². The van der Waals surface area contributed by atoms with E-state index in [1.165, 1.54) is 12.1 Å². The molecule has 138 valence electrons. The van der Waals surface area contributed by atoms with E-state index in [9.17, 15) is 13.2 Å². The highest BCUT2D eigenvalue weighted by Crippen LogP contribution is 2.22. The third-order valence-corrected chi connectivity index (χ3v) is 5.76. The van der Waals surface area contributed by atoms with Crippen LogP contribution in [0.4, 0.5) is 0 Å². The molecule has 26 heavy (non-hydrogen) atoms. The number of carbonyl (C=O) groups is 1. The van der Waals surface area contributed by atoms with Gasteiger partial charge in [0, 0.05) is 42.8 Å². The quantitative estimate of drug-likeness (QED) is 0.798. The highest BCUT2D eigenvalue weighted by Gasteiger charge is 2.25. The summed E-state index contributed by atoms with van der Waals surface area (Å²) in [6, 6.07) is 13.3. The minimum absolute atomic E-state index is 0.0628. The van der Waals surface area contributed by atoms with E-state index in [1.807, 2.05) is 12.1 Å². The van der Waals surface area contributed by atoms with Gasteiger partial charge in [0.25, 0.3) is 5.91 Å². The molecule has 7 heteroatoms. The lowest BCUT2D eigenvalue weighted by Crippen LogP contribution is -2.41. The number of hydrogen-bond donors (Lipinski definition) is 0. The standard InChI is InChI=1S/C19H20ClNO4S/c1-26(23,24)18-8-2-14(3-9-18)19(22)21-12-10-17(11-13-21)25-16-6-4-15(20)5-7-16/h2-9,17H,10-13H2,1H3. The predicted molar refractivity (Wildman–Crippen MR) is 101 cm³/mol. The van der Waals surface area contributed by atoms with Crippen LogP contribution in [0.15, 0.2) is 53.4 Å². The second-order valence-corrected chi connectivity index (χ2v) is 8.81. The van der Waals surface area contributed by atoms with Gasteiger partial charge in [0.05, 0.1) is 4.90 Å². The van der Waals surface area contributed by atoms with Gasteiger partial charge in [0.1, 0.15) is 11.9 Å². The molecule has 5 nitrogen and oxygen atoms in total. The summed E-state index contributed by atoms with van der Waals surface area (Å²) in [6.45, 7) is 1.20. The maximum atomic E-state index is 12.6. The molecule has 0 N–H and O–H groups in total. The van der Waals surface area contributed by atoms with Gasteiger partial charge in [-0.05, 0) is 48.5 Å². The first-order chi connectivity index (χ1) is 12.3. The summed E-state index contributed by atoms with van der Waals surface area (Å²) in [5.74, 6) is 0.686. The number of amides is 1. The molecule has 2 aromatic rings. The van der Waals surface area contributed by atoms with Crippen molar-refractivity contribution in [3.8, 4) is 5.75 Å². The number of benzene rings is 2. The summed E-state index contributed by atoms with van der Waals surface area (Å²) in [7, 11) is -3.26. The maximum absolute atomic E-state index is 12.6. The van der Waals surface area contributed by atoms with E-state index >= 15 is 0 Å². The number of sulfone groups is 1. The molecule has 0 spiro atoms. The summed E-state index contributed by atoms with van der Waals surface area (Å²) in [5, 5.41) is 0.666. The van der Waals surface area contributed by atoms with Crippen molar-refractivity contribution < 1.29 is 17.9 Å². The third-order valence-electron chi connectivity index (χ3n) is 4.38. The molecule has 1 aliphatic rings. The Hall–Kier alpha value is -2.05. The fourth-order valence-electron chi connectivity index (χ4n) is 2.91. The first-order valence-corrected chi connectivity index (χ1v) is 10.6. The normalized spacial score (nSPS) is 15.7. The van der Waals surface area contributed by atoms with Crippen LogP contribution in [0.5, 0.6) is 5.75 Å². The van der Waals surface area contributed by atoms with Crippen LogP contribution in [-0.4, -0.2) is 44.7 Å². The van der Waals surface area contributed by atoms with Gasteiger partial charge >= 0.3 is 0 Å². The van der Waals surface area contributed by atoms with Gasteiger partial charge in [-0.3, -0.25) is 4.79 Å². The van der Waals surface area contributed by atoms with Crippen molar-refractivity contribution in [2.45, 2.75) is 23.8 Å². The molecular weight excluding hydrogens is 374 g/mol. The Labute approximate surface area is 158 Å². The topological polar surface area (TPSA) is 63.7 Å². The van der Waals surface area contributed by atoms with Crippen LogP contribution < -0.4 is 4.74 Å². The first kappa shape index (κ1) is 18.7. The molecule has 0 saturated carbocycles. The number of halogens is 1. The van der Waals surface area contributed by atoms with E-state index in [2.05, 4.69) is 0 Å². The highest BCUT2D eigenvalue weighted by molar-refractivity contribution is 7.90. The number of hydrogen-bond acceptors (Lipinski definition) is 4. The van der Waals surface area contributed by atoms with Crippen molar-refractivity contribution in [3.05, 3.63) is 59.1 Å². The van der Waals surface area contributed by atoms with Crippen molar-refractivity contribution in [1.82, 2.24) is 4.90 Å². The van der Waals surface area contributed by atoms with Crippen molar-refractivity contribution in [1.29, 1.82) is 0 Å². The molecular formula is C19H20ClNO4S. The van der Waals surface area contributed by atoms with Crippen LogP contribution in [0.1, 0.15) is 23.2 Å². The molecule has 0 bridgehead atoms. The molecule has 1 fully saturated rings. The van der Waals surface area contributed by atoms with Crippen molar-refractivity contribution in [2.75, 3.05) is 19.3 Å². The molecule has 0 aromatic heterocycles. The second kappa shape index (κ2) is 7.68. The smallest absolute Gasteiger partial charge is 0.253 e. The highest BCUT2D eigenvalue weighted by atomic mass is 35.5. The van der Waals surface area contributed by atoms with Crippen molar-refractivity contribution in [3.63, 3.8) is 0 Å². The van der Waals surface area contributed by atoms with Crippen LogP contribution in [0.25, 0.3) is 0 Å². The van der Waals surface area contributed by atoms with E-state index in [0.717, 1.165) is 24.8 Å². The zero-order chi connectivity index (χ0) is 18.7. The zero-order valence-corrected chi connectivity index (χ0v) is 16.0. The van der Waals surface area contributed by atoms with Crippen molar-refractivity contribution >= 4 is 27.3 Å². The lowest BCUT2D eigenvalue weighted by molar-refractivity contribution is 0.0595. The van der Waals surface area contributed by atoms with Crippen LogP contribution in [0.3, 0.4) is 0 Å². The lowest BCUT2D eigenvalue weighted by atomic mass is 10.1. The monoisotopic (exact) mass is 393 g/mol. The Morgan fingerprint density at radius 2 is 1.62 bits per heavy atom. The third kappa shape index (κ3) is 4.56. The van der Waals surface area contributed by atoms with Gasteiger partial charge in [0.15, 0.2) is 9.84 Å². The average Bonchev–Trinajstić information content (AvgIpc) is 2.63. The molecule has 1 saturated heterocycles. The summed E-state index contributed by atoms with van der Waals surface area (Å²) in [5.41, 5.74) is 0.495. The number of ether oxygens (including phenoxy) is 1. The molecule has 0 unspecified atom stereocenters. The molecule has 2 aromatic carbocycles. The Morgan fingerprint density at radius 1 is 1.04 bits per heavy atom. The van der Waals surface area contributed by atoms with Crippen LogP contribution >= 0.6 is 11.6 Å². The fraction of sp³-hybridized carbons (Fsp3) is 0.316. The van der Waals surface area contributed by atoms with Gasteiger partial charge < -0.3 is 9.64 Å². The summed E-state index contributed by atoms with van der Waals surface area (Å²) < 4.78 is 28.9. The number of rotatable bonds is 4. The zero-order valence-electron chi connectivity index (χ0n) is 14.4. The Bertz CT molecular complexity index is 871. The Kier molecular flexibility index (Phi) is 5.53. The molecule has 3 rings (SSSR count). The van der Waals surface area contributed by atoms with Gasteiger partial charge in [-0.25, -0.2) is 8.42 Å². The number of piperidine rings is 1. The molecule has 1 aliphatic heterocycles. The minimum Gasteiger partial charge on any atom is -0.490 e. The van der Waals surface area contributed by atoms with Gasteiger partial charge in [-0.15, -0.1) is 0 Å². The van der Waals surface area contributed by atoms with Crippen molar-refractivity contribution in [2.24, 2.45) is 0 Å². The summed E-state index contributed by atoms with van der Waals surface area (Å²) in [4.78, 5) is 14.6. The number of likely N-dealkylation sites (tertiary alicyclic amines) is 1. The van der Waals surface area contributed by atoms with Crippen LogP contribution in [-0.2, 0) is 9.84 Å². The van der Waals surface area contributed by atoms with E-state index in [1.54, 1.807) is 29.2 Å². The Morgan fingerprint density at radius 3 is 2.15 bits per heavy atom. The fourth-order valence-corrected chi connectivity index (χ4v) is 3.67. The lowest BCUT2D eigenvalue weighted by Gasteiger charge is -2.32. The SMILES string of the molecule is CS(=O)(=O)c1ccc(C(=O)N2CCC(Oc3ccc(Cl)cc3)CC2)cc1.